The molecule has 0 aromatic rings. The number of nitrogens with zero attached hydrogens (tertiary/aromatic N) is 2. The van der Waals surface area contributed by atoms with Crippen molar-refractivity contribution in [1.82, 2.24) is 4.90 Å². The molecule has 3 N–H and O–H groups in total. The van der Waals surface area contributed by atoms with Crippen LogP contribution in [0.4, 0.5) is 13.2 Å². The zero-order valence-electron chi connectivity index (χ0n) is 11.2. The van der Waals surface area contributed by atoms with E-state index in [0.717, 1.165) is 25.7 Å². The Labute approximate surface area is 111 Å². The van der Waals surface area contributed by atoms with Gasteiger partial charge >= 0.3 is 6.18 Å². The molecule has 0 amide bonds. The summed E-state index contributed by atoms with van der Waals surface area (Å²) in [6.45, 7) is 0.362. The average molecular weight is 281 g/mol. The van der Waals surface area contributed by atoms with Gasteiger partial charge in [-0.15, -0.1) is 0 Å². The highest BCUT2D eigenvalue weighted by molar-refractivity contribution is 5.83. The molecule has 1 fully saturated rings. The van der Waals surface area contributed by atoms with Crippen molar-refractivity contribution in [2.75, 3.05) is 20.1 Å². The smallest absolute Gasteiger partial charge is 0.400 e. The van der Waals surface area contributed by atoms with Crippen LogP contribution in [-0.2, 0) is 0 Å². The van der Waals surface area contributed by atoms with Crippen molar-refractivity contribution in [3.8, 4) is 0 Å². The second-order valence-electron chi connectivity index (χ2n) is 5.34. The van der Waals surface area contributed by atoms with Crippen molar-refractivity contribution in [2.24, 2.45) is 22.7 Å². The molecule has 4 nitrogen and oxygen atoms in total. The molecule has 1 aliphatic carbocycles. The maximum atomic E-state index is 12.8. The summed E-state index contributed by atoms with van der Waals surface area (Å²) in [4.78, 5) is 1.63. The van der Waals surface area contributed by atoms with E-state index in [-0.39, 0.29) is 6.54 Å². The Morgan fingerprint density at radius 2 is 1.95 bits per heavy atom. The molecular weight excluding hydrogens is 259 g/mol. The standard InChI is InChI=1S/C12H22F3N3O/c1-18(7-9-5-3-2-4-6-9)8-10(11(16)17-19)12(13,14)15/h9-10,19H,2-8H2,1H3,(H2,16,17). The second-order valence-corrected chi connectivity index (χ2v) is 5.34. The number of amidine groups is 1. The lowest BCUT2D eigenvalue weighted by molar-refractivity contribution is -0.159. The number of nitrogens with two attached hydrogens (primary N) is 1. The van der Waals surface area contributed by atoms with E-state index >= 15 is 0 Å². The first-order chi connectivity index (χ1) is 8.84. The highest BCUT2D eigenvalue weighted by Crippen LogP contribution is 2.28. The Morgan fingerprint density at radius 3 is 2.42 bits per heavy atom. The normalized spacial score (nSPS) is 20.8. The summed E-state index contributed by atoms with van der Waals surface area (Å²) in [5, 5.41) is 11.0. The third-order valence-corrected chi connectivity index (χ3v) is 3.66. The lowest BCUT2D eigenvalue weighted by Crippen LogP contribution is -2.44. The largest absolute Gasteiger partial charge is 0.409 e. The van der Waals surface area contributed by atoms with Gasteiger partial charge in [-0.1, -0.05) is 24.4 Å². The molecule has 0 heterocycles. The summed E-state index contributed by atoms with van der Waals surface area (Å²) >= 11 is 0. The van der Waals surface area contributed by atoms with Crippen LogP contribution in [0.25, 0.3) is 0 Å². The number of alkyl halides is 3. The molecule has 1 aliphatic rings. The Morgan fingerprint density at radius 1 is 1.37 bits per heavy atom. The lowest BCUT2D eigenvalue weighted by atomic mass is 9.89. The minimum absolute atomic E-state index is 0.268. The predicted octanol–water partition coefficient (Wildman–Crippen LogP) is 2.42. The van der Waals surface area contributed by atoms with Gasteiger partial charge in [-0.25, -0.2) is 0 Å². The van der Waals surface area contributed by atoms with Gasteiger partial charge < -0.3 is 15.8 Å². The zero-order valence-corrected chi connectivity index (χ0v) is 11.2. The van der Waals surface area contributed by atoms with Gasteiger partial charge in [0.15, 0.2) is 5.84 Å². The Kier molecular flexibility index (Phi) is 5.90. The minimum Gasteiger partial charge on any atom is -0.409 e. The monoisotopic (exact) mass is 281 g/mol. The fourth-order valence-electron chi connectivity index (χ4n) is 2.63. The van der Waals surface area contributed by atoms with Gasteiger partial charge in [0, 0.05) is 13.1 Å². The van der Waals surface area contributed by atoms with Crippen LogP contribution >= 0.6 is 0 Å². The van der Waals surface area contributed by atoms with Gasteiger partial charge in [0.1, 0.15) is 5.92 Å². The Hall–Kier alpha value is -0.980. The van der Waals surface area contributed by atoms with Crippen LogP contribution in [0.3, 0.4) is 0 Å². The first-order valence-corrected chi connectivity index (χ1v) is 6.57. The summed E-state index contributed by atoms with van der Waals surface area (Å²) in [7, 11) is 1.65. The predicted molar refractivity (Wildman–Crippen MR) is 67.0 cm³/mol. The van der Waals surface area contributed by atoms with Gasteiger partial charge in [0.25, 0.3) is 0 Å². The van der Waals surface area contributed by atoms with Gasteiger partial charge in [-0.05, 0) is 25.8 Å². The Bertz CT molecular complexity index is 301. The molecule has 7 heteroatoms. The van der Waals surface area contributed by atoms with E-state index in [1.165, 1.54) is 6.42 Å². The molecule has 0 spiro atoms. The summed E-state index contributed by atoms with van der Waals surface area (Å²) < 4.78 is 38.4. The molecule has 0 bridgehead atoms. The summed E-state index contributed by atoms with van der Waals surface area (Å²) in [6.07, 6.45) is 1.19. The maximum absolute atomic E-state index is 12.8. The number of oxime groups is 1. The van der Waals surface area contributed by atoms with E-state index in [0.29, 0.717) is 12.5 Å². The summed E-state index contributed by atoms with van der Waals surface area (Å²) in [5.74, 6) is -2.23. The molecule has 112 valence electrons. The molecular formula is C12H22F3N3O. The topological polar surface area (TPSA) is 61.8 Å². The average Bonchev–Trinajstić information content (AvgIpc) is 2.35. The number of rotatable bonds is 5. The van der Waals surface area contributed by atoms with E-state index in [9.17, 15) is 13.2 Å². The molecule has 19 heavy (non-hydrogen) atoms. The van der Waals surface area contributed by atoms with Crippen LogP contribution in [0, 0.1) is 11.8 Å². The van der Waals surface area contributed by atoms with E-state index in [4.69, 9.17) is 10.9 Å². The minimum atomic E-state index is -4.49. The van der Waals surface area contributed by atoms with Crippen LogP contribution in [0.5, 0.6) is 0 Å². The zero-order chi connectivity index (χ0) is 14.5. The first-order valence-electron chi connectivity index (χ1n) is 6.57. The molecule has 0 aromatic carbocycles. The van der Waals surface area contributed by atoms with E-state index in [1.54, 1.807) is 11.9 Å². The third-order valence-electron chi connectivity index (χ3n) is 3.66. The van der Waals surface area contributed by atoms with Crippen LogP contribution in [0.2, 0.25) is 0 Å². The van der Waals surface area contributed by atoms with Gasteiger partial charge in [-0.2, -0.15) is 13.2 Å². The fraction of sp³-hybridized carbons (Fsp3) is 0.917. The molecule has 1 rings (SSSR count). The first kappa shape index (κ1) is 16.1. The van der Waals surface area contributed by atoms with Crippen LogP contribution in [0.1, 0.15) is 32.1 Å². The van der Waals surface area contributed by atoms with Crippen LogP contribution in [0.15, 0.2) is 5.16 Å². The van der Waals surface area contributed by atoms with E-state index in [1.807, 2.05) is 0 Å². The fourth-order valence-corrected chi connectivity index (χ4v) is 2.63. The summed E-state index contributed by atoms with van der Waals surface area (Å²) in [6, 6.07) is 0. The number of halogens is 3. The number of hydrogen-bond acceptors (Lipinski definition) is 3. The van der Waals surface area contributed by atoms with Gasteiger partial charge in [-0.3, -0.25) is 0 Å². The van der Waals surface area contributed by atoms with Crippen molar-refractivity contribution in [1.29, 1.82) is 0 Å². The maximum Gasteiger partial charge on any atom is 0.400 e. The molecule has 0 radical (unpaired) electrons. The van der Waals surface area contributed by atoms with Crippen molar-refractivity contribution in [2.45, 2.75) is 38.3 Å². The second kappa shape index (κ2) is 6.98. The van der Waals surface area contributed by atoms with E-state index < -0.39 is 17.9 Å². The molecule has 0 aromatic heterocycles. The third kappa shape index (κ3) is 5.26. The summed E-state index contributed by atoms with van der Waals surface area (Å²) in [5.41, 5.74) is 5.14. The SMILES string of the molecule is CN(CC1CCCCC1)CC(C(N)=NO)C(F)(F)F. The van der Waals surface area contributed by atoms with Crippen molar-refractivity contribution < 1.29 is 18.4 Å². The molecule has 1 unspecified atom stereocenters. The van der Waals surface area contributed by atoms with Crippen LogP contribution in [-0.4, -0.2) is 42.3 Å². The van der Waals surface area contributed by atoms with Crippen molar-refractivity contribution >= 4 is 5.84 Å². The van der Waals surface area contributed by atoms with Crippen molar-refractivity contribution in [3.05, 3.63) is 0 Å². The van der Waals surface area contributed by atoms with E-state index in [2.05, 4.69) is 5.16 Å². The molecule has 1 atom stereocenters. The molecule has 0 saturated heterocycles. The lowest BCUT2D eigenvalue weighted by Gasteiger charge is -2.30. The van der Waals surface area contributed by atoms with Gasteiger partial charge in [0.2, 0.25) is 0 Å². The highest BCUT2D eigenvalue weighted by Gasteiger charge is 2.43. The van der Waals surface area contributed by atoms with Gasteiger partial charge in [0.05, 0.1) is 0 Å². The highest BCUT2D eigenvalue weighted by atomic mass is 19.4. The quantitative estimate of drug-likeness (QED) is 0.352. The molecule has 0 aliphatic heterocycles. The molecule has 1 saturated carbocycles. The van der Waals surface area contributed by atoms with Crippen LogP contribution < -0.4 is 5.73 Å². The number of hydrogen-bond donors (Lipinski definition) is 2. The van der Waals surface area contributed by atoms with Crippen molar-refractivity contribution in [3.63, 3.8) is 0 Å². The Balaban J connectivity index is 2.53.